The lowest BCUT2D eigenvalue weighted by Crippen LogP contribution is -2.42. The molecule has 0 saturated carbocycles. The minimum Gasteiger partial charge on any atom is -0.381 e. The van der Waals surface area contributed by atoms with Gasteiger partial charge in [0, 0.05) is 56.3 Å². The molecule has 1 N–H and O–H groups in total. The predicted molar refractivity (Wildman–Crippen MR) is 89.8 cm³/mol. The van der Waals surface area contributed by atoms with Gasteiger partial charge >= 0.3 is 6.03 Å². The van der Waals surface area contributed by atoms with Crippen molar-refractivity contribution in [1.82, 2.24) is 25.0 Å². The number of nitrogens with one attached hydrogen (secondary N) is 1. The molecule has 1 unspecified atom stereocenters. The van der Waals surface area contributed by atoms with Crippen molar-refractivity contribution in [2.45, 2.75) is 19.9 Å². The number of hydrogen-bond acceptors (Lipinski definition) is 4. The van der Waals surface area contributed by atoms with E-state index in [0.717, 1.165) is 37.6 Å². The summed E-state index contributed by atoms with van der Waals surface area (Å²) in [5, 5.41) is 7.20. The van der Waals surface area contributed by atoms with E-state index in [2.05, 4.69) is 15.4 Å². The molecule has 7 nitrogen and oxygen atoms in total. The molecule has 1 saturated heterocycles. The Morgan fingerprint density at radius 1 is 1.46 bits per heavy atom. The van der Waals surface area contributed by atoms with Gasteiger partial charge in [-0.2, -0.15) is 5.10 Å². The molecular formula is C17H23N5O2. The first-order valence-corrected chi connectivity index (χ1v) is 8.32. The van der Waals surface area contributed by atoms with Crippen LogP contribution in [0.5, 0.6) is 0 Å². The Kier molecular flexibility index (Phi) is 5.43. The number of hydrogen-bond donors (Lipinski definition) is 1. The normalized spacial score (nSPS) is 17.0. The third kappa shape index (κ3) is 3.91. The Labute approximate surface area is 141 Å². The Morgan fingerprint density at radius 3 is 3.08 bits per heavy atom. The average molecular weight is 329 g/mol. The van der Waals surface area contributed by atoms with E-state index in [1.165, 1.54) is 0 Å². The number of pyridine rings is 1. The smallest absolute Gasteiger partial charge is 0.317 e. The molecule has 0 spiro atoms. The summed E-state index contributed by atoms with van der Waals surface area (Å²) < 4.78 is 7.10. The second-order valence-electron chi connectivity index (χ2n) is 5.86. The van der Waals surface area contributed by atoms with Crippen LogP contribution in [0.3, 0.4) is 0 Å². The highest BCUT2D eigenvalue weighted by molar-refractivity contribution is 5.74. The fourth-order valence-corrected chi connectivity index (χ4v) is 2.85. The van der Waals surface area contributed by atoms with Gasteiger partial charge in [-0.15, -0.1) is 0 Å². The van der Waals surface area contributed by atoms with Gasteiger partial charge in [-0.25, -0.2) is 14.5 Å². The lowest BCUT2D eigenvalue weighted by atomic mass is 10.1. The number of rotatable bonds is 6. The lowest BCUT2D eigenvalue weighted by Gasteiger charge is -2.24. The molecule has 1 fully saturated rings. The van der Waals surface area contributed by atoms with Gasteiger partial charge in [0.1, 0.15) is 0 Å². The van der Waals surface area contributed by atoms with Crippen molar-refractivity contribution in [1.29, 1.82) is 0 Å². The number of carbonyl (C=O) groups excluding carboxylic acids is 1. The van der Waals surface area contributed by atoms with Gasteiger partial charge in [-0.1, -0.05) is 6.07 Å². The Bertz CT molecular complexity index is 653. The number of ether oxygens (including phenoxy) is 1. The predicted octanol–water partition coefficient (Wildman–Crippen LogP) is 1.84. The van der Waals surface area contributed by atoms with E-state index in [-0.39, 0.29) is 6.03 Å². The highest BCUT2D eigenvalue weighted by Gasteiger charge is 2.21. The maximum absolute atomic E-state index is 12.5. The van der Waals surface area contributed by atoms with Crippen LogP contribution in [0.15, 0.2) is 36.8 Å². The monoisotopic (exact) mass is 329 g/mol. The van der Waals surface area contributed by atoms with Gasteiger partial charge in [0.05, 0.1) is 6.61 Å². The van der Waals surface area contributed by atoms with Crippen molar-refractivity contribution >= 4 is 6.03 Å². The third-order valence-electron chi connectivity index (χ3n) is 4.19. The van der Waals surface area contributed by atoms with Crippen LogP contribution < -0.4 is 5.32 Å². The number of nitrogens with zero attached hydrogens (tertiary/aromatic N) is 4. The zero-order valence-electron chi connectivity index (χ0n) is 13.9. The van der Waals surface area contributed by atoms with Crippen molar-refractivity contribution in [3.63, 3.8) is 0 Å². The van der Waals surface area contributed by atoms with Gasteiger partial charge < -0.3 is 15.0 Å². The summed E-state index contributed by atoms with van der Waals surface area (Å²) in [4.78, 5) is 18.7. The molecule has 0 aromatic carbocycles. The van der Waals surface area contributed by atoms with Crippen molar-refractivity contribution in [2.24, 2.45) is 5.92 Å². The molecule has 0 radical (unpaired) electrons. The van der Waals surface area contributed by atoms with Gasteiger partial charge in [-0.05, 0) is 25.5 Å². The fourth-order valence-electron chi connectivity index (χ4n) is 2.85. The van der Waals surface area contributed by atoms with E-state index in [1.54, 1.807) is 17.1 Å². The Morgan fingerprint density at radius 2 is 2.38 bits per heavy atom. The summed E-state index contributed by atoms with van der Waals surface area (Å²) in [6.07, 6.45) is 6.29. The molecule has 0 aliphatic carbocycles. The van der Waals surface area contributed by atoms with Gasteiger partial charge in [-0.3, -0.25) is 0 Å². The van der Waals surface area contributed by atoms with Crippen LogP contribution in [0.1, 0.15) is 18.9 Å². The van der Waals surface area contributed by atoms with E-state index < -0.39 is 0 Å². The summed E-state index contributed by atoms with van der Waals surface area (Å²) in [5.41, 5.74) is 0.926. The van der Waals surface area contributed by atoms with Gasteiger partial charge in [0.25, 0.3) is 0 Å². The van der Waals surface area contributed by atoms with E-state index in [9.17, 15) is 4.79 Å². The number of amides is 2. The van der Waals surface area contributed by atoms with Crippen LogP contribution in [0.2, 0.25) is 0 Å². The largest absolute Gasteiger partial charge is 0.381 e. The molecule has 3 rings (SSSR count). The first-order chi connectivity index (χ1) is 11.8. The molecule has 0 bridgehead atoms. The van der Waals surface area contributed by atoms with Crippen LogP contribution in [0.25, 0.3) is 5.82 Å². The minimum atomic E-state index is -0.0559. The summed E-state index contributed by atoms with van der Waals surface area (Å²) in [7, 11) is 0. The molecule has 2 aromatic heterocycles. The number of aromatic nitrogens is 3. The van der Waals surface area contributed by atoms with E-state index in [4.69, 9.17) is 4.74 Å². The molecule has 1 aliphatic rings. The van der Waals surface area contributed by atoms with Crippen molar-refractivity contribution in [3.05, 3.63) is 42.4 Å². The summed E-state index contributed by atoms with van der Waals surface area (Å²) in [6.45, 7) is 5.37. The van der Waals surface area contributed by atoms with Gasteiger partial charge in [0.15, 0.2) is 5.82 Å². The van der Waals surface area contributed by atoms with Gasteiger partial charge in [0.2, 0.25) is 0 Å². The maximum Gasteiger partial charge on any atom is 0.317 e. The minimum absolute atomic E-state index is 0.0559. The molecule has 24 heavy (non-hydrogen) atoms. The summed E-state index contributed by atoms with van der Waals surface area (Å²) in [5.74, 6) is 1.17. The van der Waals surface area contributed by atoms with E-state index in [1.807, 2.05) is 36.2 Å². The highest BCUT2D eigenvalue weighted by atomic mass is 16.5. The average Bonchev–Trinajstić information content (AvgIpc) is 3.31. The second-order valence-corrected chi connectivity index (χ2v) is 5.86. The Hall–Kier alpha value is -2.41. The first-order valence-electron chi connectivity index (χ1n) is 8.32. The molecule has 1 atom stereocenters. The topological polar surface area (TPSA) is 72.3 Å². The third-order valence-corrected chi connectivity index (χ3v) is 4.19. The number of carbonyl (C=O) groups is 1. The zero-order valence-corrected chi connectivity index (χ0v) is 13.9. The van der Waals surface area contributed by atoms with Crippen LogP contribution in [0.4, 0.5) is 4.79 Å². The van der Waals surface area contributed by atoms with Crippen molar-refractivity contribution in [3.8, 4) is 5.82 Å². The zero-order chi connectivity index (χ0) is 16.8. The van der Waals surface area contributed by atoms with E-state index in [0.29, 0.717) is 19.0 Å². The SMILES string of the molecule is CCN(CC1CCOC1)C(=O)NCc1cccnc1-n1cccn1. The number of urea groups is 1. The van der Waals surface area contributed by atoms with E-state index >= 15 is 0 Å². The first kappa shape index (κ1) is 16.4. The standard InChI is InChI=1S/C17H23N5O2/c1-2-21(12-14-6-10-24-13-14)17(23)19-11-15-5-3-7-18-16(15)22-9-4-8-20-22/h3-5,7-9,14H,2,6,10-13H2,1H3,(H,19,23). The summed E-state index contributed by atoms with van der Waals surface area (Å²) in [6, 6.07) is 5.60. The van der Waals surface area contributed by atoms with Crippen molar-refractivity contribution < 1.29 is 9.53 Å². The molecule has 2 amide bonds. The fraction of sp³-hybridized carbons (Fsp3) is 0.471. The lowest BCUT2D eigenvalue weighted by molar-refractivity contribution is 0.166. The van der Waals surface area contributed by atoms with Crippen LogP contribution in [-0.2, 0) is 11.3 Å². The quantitative estimate of drug-likeness (QED) is 0.878. The highest BCUT2D eigenvalue weighted by Crippen LogP contribution is 2.14. The summed E-state index contributed by atoms with van der Waals surface area (Å²) >= 11 is 0. The Balaban J connectivity index is 1.61. The molecule has 1 aliphatic heterocycles. The molecule has 128 valence electrons. The molecule has 3 heterocycles. The van der Waals surface area contributed by atoms with Crippen LogP contribution in [0, 0.1) is 5.92 Å². The molecule has 7 heteroatoms. The maximum atomic E-state index is 12.5. The van der Waals surface area contributed by atoms with Crippen LogP contribution >= 0.6 is 0 Å². The van der Waals surface area contributed by atoms with Crippen LogP contribution in [-0.4, -0.2) is 52.0 Å². The molecular weight excluding hydrogens is 306 g/mol. The molecule has 2 aromatic rings. The van der Waals surface area contributed by atoms with Crippen molar-refractivity contribution in [2.75, 3.05) is 26.3 Å². The second kappa shape index (κ2) is 7.92.